The number of nitrogens with one attached hydrogen (secondary N) is 3. The number of anilines is 1. The number of amides is 2. The van der Waals surface area contributed by atoms with Gasteiger partial charge < -0.3 is 25.2 Å². The topological polar surface area (TPSA) is 171 Å². The van der Waals surface area contributed by atoms with Crippen LogP contribution in [0.4, 0.5) is 14.6 Å². The van der Waals surface area contributed by atoms with E-state index in [1.54, 1.807) is 18.7 Å². The van der Waals surface area contributed by atoms with Gasteiger partial charge in [0.05, 0.1) is 24.3 Å². The first-order valence-corrected chi connectivity index (χ1v) is 13.3. The van der Waals surface area contributed by atoms with Crippen LogP contribution < -0.4 is 16.1 Å². The van der Waals surface area contributed by atoms with Gasteiger partial charge in [0.1, 0.15) is 17.6 Å². The number of aromatic amines is 1. The van der Waals surface area contributed by atoms with Crippen LogP contribution in [0.25, 0.3) is 22.6 Å². The van der Waals surface area contributed by atoms with Crippen LogP contribution >= 0.6 is 0 Å². The molecule has 0 fully saturated rings. The van der Waals surface area contributed by atoms with Gasteiger partial charge in [-0.15, -0.1) is 0 Å². The molecule has 42 heavy (non-hydrogen) atoms. The molecule has 4 aromatic heterocycles. The van der Waals surface area contributed by atoms with E-state index in [0.29, 0.717) is 24.2 Å². The van der Waals surface area contributed by atoms with Crippen LogP contribution in [0.15, 0.2) is 29.3 Å². The molecule has 1 unspecified atom stereocenters. The molecule has 13 nitrogen and oxygen atoms in total. The van der Waals surface area contributed by atoms with Crippen molar-refractivity contribution in [3.8, 4) is 17.3 Å². The maximum atomic E-state index is 14.8. The largest absolute Gasteiger partial charge is 0.503 e. The minimum atomic E-state index is -0.970. The Morgan fingerprint density at radius 2 is 1.88 bits per heavy atom. The third-order valence-electron chi connectivity index (χ3n) is 7.05. The second kappa shape index (κ2) is 11.1. The van der Waals surface area contributed by atoms with E-state index in [1.807, 2.05) is 13.8 Å². The van der Waals surface area contributed by atoms with Gasteiger partial charge in [-0.25, -0.2) is 23.7 Å². The average molecular weight is 582 g/mol. The maximum Gasteiger partial charge on any atom is 0.274 e. The van der Waals surface area contributed by atoms with Crippen LogP contribution in [0, 0.1) is 17.6 Å². The van der Waals surface area contributed by atoms with E-state index >= 15 is 0 Å². The number of H-pyrrole nitrogens is 1. The van der Waals surface area contributed by atoms with E-state index in [-0.39, 0.29) is 47.2 Å². The number of rotatable bonds is 8. The summed E-state index contributed by atoms with van der Waals surface area (Å²) >= 11 is 0. The van der Waals surface area contributed by atoms with E-state index in [1.165, 1.54) is 16.7 Å². The fourth-order valence-electron chi connectivity index (χ4n) is 4.85. The summed E-state index contributed by atoms with van der Waals surface area (Å²) in [6.45, 7) is 7.73. The van der Waals surface area contributed by atoms with Gasteiger partial charge in [-0.1, -0.05) is 13.8 Å². The van der Waals surface area contributed by atoms with Crippen molar-refractivity contribution in [1.29, 1.82) is 0 Å². The molecule has 1 aliphatic heterocycles. The lowest BCUT2D eigenvalue weighted by molar-refractivity contribution is -0.122. The standard InChI is InChI=1S/C27H29F2N9O4/c1-12(2)19(33-24-17(29)11-31-25(34-24)20-16-7-14(28)9-30-23(16)36-35-20)26(41)32-10-15-8-18(39)22(40)21-27(42)37(13(3)4)5-6-38(15)21/h7-9,11-13,19,40H,5-6,10H2,1-4H3,(H,32,41)(H,30,35,36)(H,31,33,34). The summed E-state index contributed by atoms with van der Waals surface area (Å²) in [7, 11) is 0. The number of aromatic hydroxyl groups is 1. The number of nitrogens with zero attached hydrogens (tertiary/aromatic N) is 6. The summed E-state index contributed by atoms with van der Waals surface area (Å²) in [6, 6.07) is 1.28. The maximum absolute atomic E-state index is 14.8. The van der Waals surface area contributed by atoms with Gasteiger partial charge >= 0.3 is 0 Å². The van der Waals surface area contributed by atoms with Crippen molar-refractivity contribution in [1.82, 2.24) is 39.9 Å². The first-order chi connectivity index (χ1) is 20.0. The average Bonchev–Trinajstić information content (AvgIpc) is 3.36. The van der Waals surface area contributed by atoms with Crippen molar-refractivity contribution in [3.63, 3.8) is 0 Å². The van der Waals surface area contributed by atoms with Gasteiger partial charge in [0.2, 0.25) is 11.3 Å². The molecule has 0 saturated heterocycles. The number of carbonyl (C=O) groups excluding carboxylic acids is 2. The first-order valence-electron chi connectivity index (χ1n) is 13.3. The molecule has 4 N–H and O–H groups in total. The highest BCUT2D eigenvalue weighted by Crippen LogP contribution is 2.26. The summed E-state index contributed by atoms with van der Waals surface area (Å²) in [5.41, 5.74) is -0.0776. The molecule has 0 radical (unpaired) electrons. The van der Waals surface area contributed by atoms with E-state index in [4.69, 9.17) is 0 Å². The molecule has 0 saturated carbocycles. The summed E-state index contributed by atoms with van der Waals surface area (Å²) in [4.78, 5) is 52.4. The van der Waals surface area contributed by atoms with Crippen LogP contribution in [0.1, 0.15) is 43.9 Å². The molecule has 1 atom stereocenters. The molecular weight excluding hydrogens is 552 g/mol. The number of halogens is 2. The van der Waals surface area contributed by atoms with Crippen LogP contribution in [0.3, 0.4) is 0 Å². The van der Waals surface area contributed by atoms with Crippen molar-refractivity contribution in [2.75, 3.05) is 11.9 Å². The molecule has 15 heteroatoms. The van der Waals surface area contributed by atoms with Gasteiger partial charge in [-0.2, -0.15) is 5.10 Å². The Morgan fingerprint density at radius 3 is 2.60 bits per heavy atom. The van der Waals surface area contributed by atoms with Crippen molar-refractivity contribution in [3.05, 3.63) is 57.8 Å². The van der Waals surface area contributed by atoms with Crippen molar-refractivity contribution in [2.45, 2.75) is 52.9 Å². The number of pyridine rings is 2. The smallest absolute Gasteiger partial charge is 0.274 e. The molecular formula is C27H29F2N9O4. The fourth-order valence-corrected chi connectivity index (χ4v) is 4.85. The summed E-state index contributed by atoms with van der Waals surface area (Å²) in [5.74, 6) is -3.65. The Hall–Kier alpha value is -4.95. The van der Waals surface area contributed by atoms with E-state index in [9.17, 15) is 28.3 Å². The highest BCUT2D eigenvalue weighted by molar-refractivity contribution is 5.96. The Bertz CT molecular complexity index is 1750. The Balaban J connectivity index is 1.38. The predicted molar refractivity (Wildman–Crippen MR) is 147 cm³/mol. The summed E-state index contributed by atoms with van der Waals surface area (Å²) in [5, 5.41) is 22.9. The molecule has 4 aromatic rings. The Labute approximate surface area is 238 Å². The van der Waals surface area contributed by atoms with Gasteiger partial charge in [0.25, 0.3) is 5.91 Å². The minimum Gasteiger partial charge on any atom is -0.503 e. The van der Waals surface area contributed by atoms with Crippen LogP contribution in [-0.4, -0.2) is 70.2 Å². The zero-order valence-electron chi connectivity index (χ0n) is 23.3. The van der Waals surface area contributed by atoms with Gasteiger partial charge in [0, 0.05) is 30.9 Å². The first kappa shape index (κ1) is 28.6. The molecule has 2 amide bonds. The lowest BCUT2D eigenvalue weighted by atomic mass is 10.0. The lowest BCUT2D eigenvalue weighted by Crippen LogP contribution is -2.47. The summed E-state index contributed by atoms with van der Waals surface area (Å²) < 4.78 is 30.1. The van der Waals surface area contributed by atoms with Crippen molar-refractivity contribution >= 4 is 28.7 Å². The van der Waals surface area contributed by atoms with E-state index in [2.05, 4.69) is 35.8 Å². The van der Waals surface area contributed by atoms with Crippen LogP contribution in [0.2, 0.25) is 0 Å². The third kappa shape index (κ3) is 5.24. The lowest BCUT2D eigenvalue weighted by Gasteiger charge is -2.34. The quantitative estimate of drug-likeness (QED) is 0.243. The van der Waals surface area contributed by atoms with E-state index < -0.39 is 40.7 Å². The molecule has 0 spiro atoms. The minimum absolute atomic E-state index is 0.00641. The van der Waals surface area contributed by atoms with Crippen molar-refractivity contribution < 1.29 is 23.5 Å². The number of aromatic nitrogens is 6. The fraction of sp³-hybridized carbons (Fsp3) is 0.370. The predicted octanol–water partition coefficient (Wildman–Crippen LogP) is 2.18. The second-order valence-corrected chi connectivity index (χ2v) is 10.5. The zero-order valence-corrected chi connectivity index (χ0v) is 23.3. The number of carbonyl (C=O) groups is 2. The molecule has 0 aliphatic carbocycles. The van der Waals surface area contributed by atoms with Crippen LogP contribution in [-0.2, 0) is 17.9 Å². The number of hydrogen-bond acceptors (Lipinski definition) is 9. The molecule has 220 valence electrons. The van der Waals surface area contributed by atoms with Crippen LogP contribution in [0.5, 0.6) is 5.75 Å². The zero-order chi connectivity index (χ0) is 30.3. The highest BCUT2D eigenvalue weighted by Gasteiger charge is 2.32. The van der Waals surface area contributed by atoms with Gasteiger partial charge in [-0.05, 0) is 25.8 Å². The molecule has 5 heterocycles. The number of fused-ring (bicyclic) bond motifs is 2. The van der Waals surface area contributed by atoms with E-state index in [0.717, 1.165) is 12.4 Å². The Kier molecular flexibility index (Phi) is 7.58. The second-order valence-electron chi connectivity index (χ2n) is 10.5. The molecule has 0 aromatic carbocycles. The van der Waals surface area contributed by atoms with Gasteiger partial charge in [0.15, 0.2) is 34.6 Å². The number of hydrogen-bond donors (Lipinski definition) is 4. The van der Waals surface area contributed by atoms with Gasteiger partial charge in [-0.3, -0.25) is 19.5 Å². The SMILES string of the molecule is CC(C)C(Nc1nc(-c2[nH]nc3ncc(F)cc23)ncc1F)C(=O)NCc1cc(=O)c(O)c2n1CCN(C(C)C)C2=O. The normalized spacial score (nSPS) is 14.0. The summed E-state index contributed by atoms with van der Waals surface area (Å²) in [6.07, 6.45) is 1.94. The monoisotopic (exact) mass is 581 g/mol. The Morgan fingerprint density at radius 1 is 1.12 bits per heavy atom. The molecule has 0 bridgehead atoms. The molecule has 1 aliphatic rings. The van der Waals surface area contributed by atoms with Crippen molar-refractivity contribution in [2.24, 2.45) is 5.92 Å². The molecule has 5 rings (SSSR count). The highest BCUT2D eigenvalue weighted by atomic mass is 19.1. The third-order valence-corrected chi connectivity index (χ3v) is 7.05.